The van der Waals surface area contributed by atoms with Crippen LogP contribution in [0.3, 0.4) is 0 Å². The Labute approximate surface area is 187 Å². The second kappa shape index (κ2) is 10.7. The number of hydrogen-bond donors (Lipinski definition) is 3. The number of ether oxygens (including phenoxy) is 1. The SMILES string of the molecule is O=C(NCc1cccc(NC(=O)C2CCCO2)c1)NCC(c1cccs1)N1CCCC1. The molecule has 3 N–H and O–H groups in total. The summed E-state index contributed by atoms with van der Waals surface area (Å²) in [5.41, 5.74) is 1.64. The predicted molar refractivity (Wildman–Crippen MR) is 122 cm³/mol. The summed E-state index contributed by atoms with van der Waals surface area (Å²) in [5, 5.41) is 10.9. The van der Waals surface area contributed by atoms with E-state index in [1.807, 2.05) is 24.3 Å². The molecule has 2 aliphatic rings. The fourth-order valence-electron chi connectivity index (χ4n) is 4.14. The molecule has 8 heteroatoms. The van der Waals surface area contributed by atoms with Gasteiger partial charge in [-0.1, -0.05) is 18.2 Å². The van der Waals surface area contributed by atoms with Crippen LogP contribution in [0.1, 0.15) is 42.2 Å². The van der Waals surface area contributed by atoms with Gasteiger partial charge in [0.2, 0.25) is 0 Å². The van der Waals surface area contributed by atoms with Gasteiger partial charge < -0.3 is 20.7 Å². The third kappa shape index (κ3) is 6.06. The molecule has 3 heterocycles. The number of likely N-dealkylation sites (tertiary alicyclic amines) is 1. The van der Waals surface area contributed by atoms with Crippen LogP contribution >= 0.6 is 11.3 Å². The van der Waals surface area contributed by atoms with Crippen LogP contribution in [-0.4, -0.2) is 49.2 Å². The first-order valence-electron chi connectivity index (χ1n) is 11.0. The zero-order chi connectivity index (χ0) is 21.5. The minimum absolute atomic E-state index is 0.109. The van der Waals surface area contributed by atoms with Crippen molar-refractivity contribution in [1.29, 1.82) is 0 Å². The first-order valence-corrected chi connectivity index (χ1v) is 11.9. The van der Waals surface area contributed by atoms with Gasteiger partial charge in [0, 0.05) is 30.3 Å². The lowest BCUT2D eigenvalue weighted by Gasteiger charge is -2.27. The van der Waals surface area contributed by atoms with Crippen molar-refractivity contribution in [2.45, 2.75) is 44.4 Å². The summed E-state index contributed by atoms with van der Waals surface area (Å²) >= 11 is 1.74. The molecule has 2 aromatic rings. The van der Waals surface area contributed by atoms with E-state index in [2.05, 4.69) is 38.4 Å². The van der Waals surface area contributed by atoms with Gasteiger partial charge in [0.1, 0.15) is 6.10 Å². The lowest BCUT2D eigenvalue weighted by Crippen LogP contribution is -2.41. The molecule has 0 radical (unpaired) electrons. The van der Waals surface area contributed by atoms with E-state index in [9.17, 15) is 9.59 Å². The minimum atomic E-state index is -0.362. The Morgan fingerprint density at radius 2 is 2.00 bits per heavy atom. The van der Waals surface area contributed by atoms with E-state index >= 15 is 0 Å². The van der Waals surface area contributed by atoms with Crippen LogP contribution in [0.5, 0.6) is 0 Å². The lowest BCUT2D eigenvalue weighted by atomic mass is 10.2. The third-order valence-corrected chi connectivity index (χ3v) is 6.75. The standard InChI is InChI=1S/C23H30N4O3S/c28-22(20-8-4-12-30-20)26-18-7-3-6-17(14-18)15-24-23(29)25-16-19(21-9-5-13-31-21)27-10-1-2-11-27/h3,5-7,9,13-14,19-20H,1-2,4,8,10-12,15-16H2,(H,26,28)(H2,24,25,29). The van der Waals surface area contributed by atoms with Crippen molar-refractivity contribution in [3.63, 3.8) is 0 Å². The van der Waals surface area contributed by atoms with E-state index in [1.165, 1.54) is 17.7 Å². The molecule has 0 aliphatic carbocycles. The molecule has 0 spiro atoms. The highest BCUT2D eigenvalue weighted by Crippen LogP contribution is 2.27. The summed E-state index contributed by atoms with van der Waals surface area (Å²) in [6.45, 7) is 3.78. The Bertz CT molecular complexity index is 861. The first-order chi connectivity index (χ1) is 15.2. The average Bonchev–Trinajstić information content (AvgIpc) is 3.56. The van der Waals surface area contributed by atoms with E-state index < -0.39 is 0 Å². The van der Waals surface area contributed by atoms with Crippen molar-refractivity contribution in [1.82, 2.24) is 15.5 Å². The molecular weight excluding hydrogens is 412 g/mol. The molecule has 7 nitrogen and oxygen atoms in total. The highest BCUT2D eigenvalue weighted by atomic mass is 32.1. The third-order valence-electron chi connectivity index (χ3n) is 5.78. The molecule has 1 aromatic carbocycles. The highest BCUT2D eigenvalue weighted by molar-refractivity contribution is 7.10. The quantitative estimate of drug-likeness (QED) is 0.584. The average molecular weight is 443 g/mol. The van der Waals surface area contributed by atoms with E-state index in [4.69, 9.17) is 4.74 Å². The molecule has 166 valence electrons. The van der Waals surface area contributed by atoms with Crippen molar-refractivity contribution in [2.24, 2.45) is 0 Å². The van der Waals surface area contributed by atoms with Crippen LogP contribution in [0.15, 0.2) is 41.8 Å². The molecular formula is C23H30N4O3S. The number of carbonyl (C=O) groups excluding carboxylic acids is 2. The molecule has 31 heavy (non-hydrogen) atoms. The van der Waals surface area contributed by atoms with Gasteiger partial charge in [-0.2, -0.15) is 0 Å². The maximum atomic E-state index is 12.4. The second-order valence-corrected chi connectivity index (χ2v) is 9.01. The number of nitrogens with one attached hydrogen (secondary N) is 3. The van der Waals surface area contributed by atoms with Crippen molar-refractivity contribution < 1.29 is 14.3 Å². The van der Waals surface area contributed by atoms with Gasteiger partial charge in [-0.05, 0) is 67.9 Å². The van der Waals surface area contributed by atoms with Gasteiger partial charge in [-0.3, -0.25) is 9.69 Å². The molecule has 2 fully saturated rings. The topological polar surface area (TPSA) is 82.7 Å². The Morgan fingerprint density at radius 1 is 1.13 bits per heavy atom. The fourth-order valence-corrected chi connectivity index (χ4v) is 5.01. The molecule has 2 aliphatic heterocycles. The Hall–Kier alpha value is -2.42. The Morgan fingerprint density at radius 3 is 2.74 bits per heavy atom. The van der Waals surface area contributed by atoms with Crippen LogP contribution in [0, 0.1) is 0 Å². The summed E-state index contributed by atoms with van der Waals surface area (Å²) in [5.74, 6) is -0.109. The number of benzene rings is 1. The number of amides is 3. The van der Waals surface area contributed by atoms with E-state index in [0.29, 0.717) is 25.4 Å². The van der Waals surface area contributed by atoms with Crippen LogP contribution in [0.4, 0.5) is 10.5 Å². The Balaban J connectivity index is 1.26. The van der Waals surface area contributed by atoms with Crippen LogP contribution in [0.2, 0.25) is 0 Å². The van der Waals surface area contributed by atoms with E-state index in [1.54, 1.807) is 11.3 Å². The zero-order valence-corrected chi connectivity index (χ0v) is 18.5. The lowest BCUT2D eigenvalue weighted by molar-refractivity contribution is -0.124. The zero-order valence-electron chi connectivity index (χ0n) is 17.6. The normalized spacial score (nSPS) is 19.8. The van der Waals surface area contributed by atoms with Gasteiger partial charge in [-0.15, -0.1) is 11.3 Å². The molecule has 0 bridgehead atoms. The summed E-state index contributed by atoms with van der Waals surface area (Å²) in [6.07, 6.45) is 3.75. The maximum Gasteiger partial charge on any atom is 0.315 e. The summed E-state index contributed by atoms with van der Waals surface area (Å²) < 4.78 is 5.43. The summed E-state index contributed by atoms with van der Waals surface area (Å²) in [4.78, 5) is 28.4. The number of rotatable bonds is 8. The van der Waals surface area contributed by atoms with Crippen LogP contribution in [0.25, 0.3) is 0 Å². The summed E-state index contributed by atoms with van der Waals surface area (Å²) in [6, 6.07) is 11.8. The largest absolute Gasteiger partial charge is 0.368 e. The number of anilines is 1. The number of thiophene rings is 1. The Kier molecular flexibility index (Phi) is 7.56. The van der Waals surface area contributed by atoms with Gasteiger partial charge >= 0.3 is 6.03 Å². The van der Waals surface area contributed by atoms with E-state index in [0.717, 1.165) is 31.5 Å². The van der Waals surface area contributed by atoms with Crippen LogP contribution < -0.4 is 16.0 Å². The second-order valence-electron chi connectivity index (χ2n) is 8.03. The molecule has 2 atom stereocenters. The van der Waals surface area contributed by atoms with E-state index in [-0.39, 0.29) is 24.1 Å². The molecule has 0 saturated carbocycles. The molecule has 1 aromatic heterocycles. The smallest absolute Gasteiger partial charge is 0.315 e. The van der Waals surface area contributed by atoms with Crippen molar-refractivity contribution in [3.8, 4) is 0 Å². The predicted octanol–water partition coefficient (Wildman–Crippen LogP) is 3.50. The number of urea groups is 1. The van der Waals surface area contributed by atoms with Crippen molar-refractivity contribution in [3.05, 3.63) is 52.2 Å². The maximum absolute atomic E-state index is 12.4. The number of carbonyl (C=O) groups is 2. The molecule has 3 amide bonds. The molecule has 4 rings (SSSR count). The van der Waals surface area contributed by atoms with Gasteiger partial charge in [0.25, 0.3) is 5.91 Å². The highest BCUT2D eigenvalue weighted by Gasteiger charge is 2.25. The summed E-state index contributed by atoms with van der Waals surface area (Å²) in [7, 11) is 0. The fraction of sp³-hybridized carbons (Fsp3) is 0.478. The monoisotopic (exact) mass is 442 g/mol. The van der Waals surface area contributed by atoms with Crippen molar-refractivity contribution in [2.75, 3.05) is 31.6 Å². The van der Waals surface area contributed by atoms with Gasteiger partial charge in [0.15, 0.2) is 0 Å². The minimum Gasteiger partial charge on any atom is -0.368 e. The van der Waals surface area contributed by atoms with Gasteiger partial charge in [-0.25, -0.2) is 4.79 Å². The number of hydrogen-bond acceptors (Lipinski definition) is 5. The molecule has 2 unspecified atom stereocenters. The first kappa shape index (κ1) is 21.8. The van der Waals surface area contributed by atoms with Crippen molar-refractivity contribution >= 4 is 29.0 Å². The molecule has 2 saturated heterocycles. The van der Waals surface area contributed by atoms with Crippen LogP contribution in [-0.2, 0) is 16.1 Å². The number of nitrogens with zero attached hydrogens (tertiary/aromatic N) is 1. The van der Waals surface area contributed by atoms with Gasteiger partial charge in [0.05, 0.1) is 6.04 Å².